The molecule has 3 amide bonds. The molecule has 3 heterocycles. The van der Waals surface area contributed by atoms with Crippen molar-refractivity contribution in [3.8, 4) is 0 Å². The third-order valence-corrected chi connectivity index (χ3v) is 3.79. The van der Waals surface area contributed by atoms with Crippen molar-refractivity contribution in [2.75, 3.05) is 6.54 Å². The van der Waals surface area contributed by atoms with Crippen LogP contribution in [0.3, 0.4) is 0 Å². The highest BCUT2D eigenvalue weighted by molar-refractivity contribution is 6.04. The number of imide groups is 1. The number of hydrogen-bond donors (Lipinski definition) is 1. The fraction of sp³-hybridized carbons (Fsp3) is 0.583. The lowest BCUT2D eigenvalue weighted by molar-refractivity contribution is -0.129. The number of carbonyl (C=O) groups is 2. The largest absolute Gasteiger partial charge is 0.327 e. The first-order valence-corrected chi connectivity index (χ1v) is 6.29. The number of aromatic nitrogens is 2. The van der Waals surface area contributed by atoms with Crippen LogP contribution in [0.1, 0.15) is 30.5 Å². The van der Waals surface area contributed by atoms with E-state index < -0.39 is 0 Å². The van der Waals surface area contributed by atoms with E-state index in [0.29, 0.717) is 13.1 Å². The molecule has 2 aliphatic heterocycles. The van der Waals surface area contributed by atoms with Gasteiger partial charge < -0.3 is 4.90 Å². The van der Waals surface area contributed by atoms with Crippen molar-refractivity contribution in [2.24, 2.45) is 0 Å². The predicted molar refractivity (Wildman–Crippen MR) is 63.6 cm³/mol. The van der Waals surface area contributed by atoms with E-state index in [0.717, 1.165) is 30.5 Å². The van der Waals surface area contributed by atoms with E-state index in [1.165, 1.54) is 4.90 Å². The van der Waals surface area contributed by atoms with Gasteiger partial charge in [-0.05, 0) is 26.2 Å². The summed E-state index contributed by atoms with van der Waals surface area (Å²) in [5.41, 5.74) is 1.80. The number of aromatic amines is 1. The van der Waals surface area contributed by atoms with Gasteiger partial charge in [-0.15, -0.1) is 0 Å². The number of rotatable bonds is 2. The Morgan fingerprint density at radius 3 is 2.94 bits per heavy atom. The predicted octanol–water partition coefficient (Wildman–Crippen LogP) is 1.03. The molecule has 0 bridgehead atoms. The normalized spacial score (nSPS) is 23.7. The number of nitrogens with one attached hydrogen (secondary N) is 1. The third-order valence-electron chi connectivity index (χ3n) is 3.79. The van der Waals surface area contributed by atoms with Gasteiger partial charge in [0.25, 0.3) is 5.91 Å². The number of H-pyrrole nitrogens is 1. The van der Waals surface area contributed by atoms with Crippen LogP contribution in [0, 0.1) is 6.92 Å². The van der Waals surface area contributed by atoms with Crippen molar-refractivity contribution in [3.63, 3.8) is 0 Å². The van der Waals surface area contributed by atoms with Crippen LogP contribution in [0.5, 0.6) is 0 Å². The molecule has 2 aliphatic rings. The first-order valence-electron chi connectivity index (χ1n) is 6.29. The summed E-state index contributed by atoms with van der Waals surface area (Å²) < 4.78 is 0. The number of hydrogen-bond acceptors (Lipinski definition) is 3. The van der Waals surface area contributed by atoms with Gasteiger partial charge in [0.2, 0.25) is 0 Å². The Labute approximate surface area is 105 Å². The molecular weight excluding hydrogens is 232 g/mol. The Bertz CT molecular complexity index is 472. The van der Waals surface area contributed by atoms with E-state index in [9.17, 15) is 9.59 Å². The fourth-order valence-corrected chi connectivity index (χ4v) is 2.70. The molecule has 0 aliphatic carbocycles. The summed E-state index contributed by atoms with van der Waals surface area (Å²) in [6.07, 6.45) is 4.49. The Hall–Kier alpha value is -1.85. The molecule has 0 saturated carbocycles. The molecule has 96 valence electrons. The molecule has 0 spiro atoms. The smallest absolute Gasteiger partial charge is 0.312 e. The highest BCUT2D eigenvalue weighted by atomic mass is 16.2. The topological polar surface area (TPSA) is 69.3 Å². The molecule has 2 saturated heterocycles. The second-order valence-electron chi connectivity index (χ2n) is 4.93. The Kier molecular flexibility index (Phi) is 2.57. The number of nitrogens with zero attached hydrogens (tertiary/aromatic N) is 3. The van der Waals surface area contributed by atoms with Crippen LogP contribution < -0.4 is 0 Å². The highest BCUT2D eigenvalue weighted by Gasteiger charge is 2.45. The summed E-state index contributed by atoms with van der Waals surface area (Å²) in [5.74, 6) is -0.0553. The molecule has 1 atom stereocenters. The van der Waals surface area contributed by atoms with Gasteiger partial charge in [0.05, 0.1) is 12.7 Å². The standard InChI is InChI=1S/C12H16N4O2/c1-8-9(6-13-14-8)7-16-11(17)10-4-2-3-5-15(10)12(16)18/h6,10H,2-5,7H2,1H3,(H,13,14)/t10-/m1/s1. The lowest BCUT2D eigenvalue weighted by atomic mass is 10.0. The monoisotopic (exact) mass is 248 g/mol. The first-order chi connectivity index (χ1) is 8.68. The number of piperidine rings is 1. The van der Waals surface area contributed by atoms with Crippen molar-refractivity contribution in [1.29, 1.82) is 0 Å². The number of fused-ring (bicyclic) bond motifs is 1. The zero-order valence-electron chi connectivity index (χ0n) is 10.3. The van der Waals surface area contributed by atoms with E-state index in [4.69, 9.17) is 0 Å². The molecule has 0 aromatic carbocycles. The minimum atomic E-state index is -0.224. The Balaban J connectivity index is 1.82. The summed E-state index contributed by atoms with van der Waals surface area (Å²) in [6.45, 7) is 2.92. The third kappa shape index (κ3) is 1.60. The van der Waals surface area contributed by atoms with Gasteiger partial charge in [-0.3, -0.25) is 14.8 Å². The molecular formula is C12H16N4O2. The van der Waals surface area contributed by atoms with Crippen molar-refractivity contribution >= 4 is 11.9 Å². The summed E-state index contributed by atoms with van der Waals surface area (Å²) in [4.78, 5) is 27.5. The van der Waals surface area contributed by atoms with Crippen molar-refractivity contribution in [2.45, 2.75) is 38.8 Å². The average molecular weight is 248 g/mol. The quantitative estimate of drug-likeness (QED) is 0.795. The summed E-state index contributed by atoms with van der Waals surface area (Å²) in [6, 6.07) is -0.372. The van der Waals surface area contributed by atoms with Gasteiger partial charge in [0.1, 0.15) is 6.04 Å². The lowest BCUT2D eigenvalue weighted by Crippen LogP contribution is -2.38. The highest BCUT2D eigenvalue weighted by Crippen LogP contribution is 2.27. The summed E-state index contributed by atoms with van der Waals surface area (Å²) in [5, 5.41) is 6.74. The molecule has 6 nitrogen and oxygen atoms in total. The SMILES string of the molecule is Cc1[nH]ncc1CN1C(=O)[C@H]2CCCCN2C1=O. The van der Waals surface area contributed by atoms with E-state index in [-0.39, 0.29) is 18.0 Å². The second-order valence-corrected chi connectivity index (χ2v) is 4.93. The van der Waals surface area contributed by atoms with Crippen LogP contribution in [0.25, 0.3) is 0 Å². The van der Waals surface area contributed by atoms with Crippen LogP contribution in [0.2, 0.25) is 0 Å². The summed E-state index contributed by atoms with van der Waals surface area (Å²) in [7, 11) is 0. The molecule has 0 radical (unpaired) electrons. The van der Waals surface area contributed by atoms with Gasteiger partial charge in [0.15, 0.2) is 0 Å². The van der Waals surface area contributed by atoms with Crippen LogP contribution in [0.15, 0.2) is 6.20 Å². The number of aryl methyl sites for hydroxylation is 1. The first kappa shape index (κ1) is 11.3. The van der Waals surface area contributed by atoms with Crippen LogP contribution >= 0.6 is 0 Å². The maximum absolute atomic E-state index is 12.2. The van der Waals surface area contributed by atoms with Gasteiger partial charge in [-0.2, -0.15) is 5.10 Å². The zero-order valence-corrected chi connectivity index (χ0v) is 10.3. The molecule has 2 fully saturated rings. The zero-order chi connectivity index (χ0) is 12.7. The summed E-state index contributed by atoms with van der Waals surface area (Å²) >= 11 is 0. The van der Waals surface area contributed by atoms with Crippen LogP contribution in [-0.2, 0) is 11.3 Å². The van der Waals surface area contributed by atoms with Crippen LogP contribution in [0.4, 0.5) is 4.79 Å². The van der Waals surface area contributed by atoms with Crippen molar-refractivity contribution in [1.82, 2.24) is 20.0 Å². The minimum Gasteiger partial charge on any atom is -0.312 e. The van der Waals surface area contributed by atoms with Gasteiger partial charge in [-0.25, -0.2) is 4.79 Å². The maximum atomic E-state index is 12.2. The molecule has 18 heavy (non-hydrogen) atoms. The van der Waals surface area contributed by atoms with Gasteiger partial charge >= 0.3 is 6.03 Å². The molecule has 1 N–H and O–H groups in total. The molecule has 0 unspecified atom stereocenters. The van der Waals surface area contributed by atoms with Crippen LogP contribution in [-0.4, -0.2) is 44.5 Å². The molecule has 6 heteroatoms. The molecule has 1 aromatic heterocycles. The van der Waals surface area contributed by atoms with E-state index >= 15 is 0 Å². The molecule has 3 rings (SSSR count). The van der Waals surface area contributed by atoms with E-state index in [2.05, 4.69) is 10.2 Å². The van der Waals surface area contributed by atoms with E-state index in [1.807, 2.05) is 6.92 Å². The lowest BCUT2D eigenvalue weighted by Gasteiger charge is -2.26. The fourth-order valence-electron chi connectivity index (χ4n) is 2.70. The molecule has 1 aromatic rings. The van der Waals surface area contributed by atoms with Crippen molar-refractivity contribution < 1.29 is 9.59 Å². The van der Waals surface area contributed by atoms with E-state index in [1.54, 1.807) is 11.1 Å². The second kappa shape index (κ2) is 4.12. The Morgan fingerprint density at radius 2 is 2.28 bits per heavy atom. The van der Waals surface area contributed by atoms with Gasteiger partial charge in [0, 0.05) is 17.8 Å². The number of amides is 3. The van der Waals surface area contributed by atoms with Gasteiger partial charge in [-0.1, -0.05) is 0 Å². The minimum absolute atomic E-state index is 0.0553. The number of carbonyl (C=O) groups excluding carboxylic acids is 2. The number of urea groups is 1. The average Bonchev–Trinajstić information content (AvgIpc) is 2.89. The maximum Gasteiger partial charge on any atom is 0.327 e. The van der Waals surface area contributed by atoms with Crippen molar-refractivity contribution in [3.05, 3.63) is 17.5 Å². The Morgan fingerprint density at radius 1 is 1.44 bits per heavy atom.